The van der Waals surface area contributed by atoms with Crippen LogP contribution < -0.4 is 15.4 Å². The van der Waals surface area contributed by atoms with Gasteiger partial charge >= 0.3 is 0 Å². The number of rotatable bonds is 6. The van der Waals surface area contributed by atoms with Gasteiger partial charge in [0.25, 0.3) is 0 Å². The molecular formula is C19H25N3O3S2. The van der Waals surface area contributed by atoms with E-state index < -0.39 is 10.0 Å². The normalized spacial score (nSPS) is 11.3. The molecule has 0 spiro atoms. The highest BCUT2D eigenvalue weighted by molar-refractivity contribution is 7.89. The van der Waals surface area contributed by atoms with Crippen LogP contribution in [0.5, 0.6) is 5.75 Å². The van der Waals surface area contributed by atoms with Crippen LogP contribution in [-0.2, 0) is 10.0 Å². The van der Waals surface area contributed by atoms with Gasteiger partial charge in [-0.05, 0) is 74.4 Å². The van der Waals surface area contributed by atoms with Crippen LogP contribution in [0.2, 0.25) is 0 Å². The van der Waals surface area contributed by atoms with E-state index in [4.69, 9.17) is 17.0 Å². The van der Waals surface area contributed by atoms with E-state index in [0.717, 1.165) is 21.1 Å². The van der Waals surface area contributed by atoms with E-state index in [1.165, 1.54) is 20.2 Å². The summed E-state index contributed by atoms with van der Waals surface area (Å²) in [6, 6.07) is 10.9. The van der Waals surface area contributed by atoms with Crippen LogP contribution in [0.25, 0.3) is 0 Å². The lowest BCUT2D eigenvalue weighted by Gasteiger charge is -2.17. The zero-order chi connectivity index (χ0) is 20.2. The van der Waals surface area contributed by atoms with Crippen molar-refractivity contribution in [3.63, 3.8) is 0 Å². The second-order valence-electron chi connectivity index (χ2n) is 6.34. The van der Waals surface area contributed by atoms with Crippen molar-refractivity contribution in [2.75, 3.05) is 31.3 Å². The molecule has 0 fully saturated rings. The Morgan fingerprint density at radius 2 is 1.63 bits per heavy atom. The number of nitrogens with one attached hydrogen (secondary N) is 2. The molecule has 0 radical (unpaired) electrons. The second-order valence-corrected chi connectivity index (χ2v) is 8.87. The fourth-order valence-electron chi connectivity index (χ4n) is 2.60. The van der Waals surface area contributed by atoms with Gasteiger partial charge in [0.05, 0.1) is 6.61 Å². The van der Waals surface area contributed by atoms with Crippen molar-refractivity contribution >= 4 is 38.7 Å². The van der Waals surface area contributed by atoms with E-state index in [9.17, 15) is 8.42 Å². The van der Waals surface area contributed by atoms with Gasteiger partial charge in [0.15, 0.2) is 5.11 Å². The Hall–Kier alpha value is -2.16. The van der Waals surface area contributed by atoms with Crippen LogP contribution in [-0.4, -0.2) is 38.5 Å². The first kappa shape index (κ1) is 21.1. The molecule has 0 saturated carbocycles. The van der Waals surface area contributed by atoms with Crippen molar-refractivity contribution in [2.45, 2.75) is 25.7 Å². The van der Waals surface area contributed by atoms with E-state index in [-0.39, 0.29) is 4.90 Å². The van der Waals surface area contributed by atoms with Crippen molar-refractivity contribution in [3.05, 3.63) is 47.5 Å². The first-order valence-corrected chi connectivity index (χ1v) is 10.3. The van der Waals surface area contributed by atoms with Gasteiger partial charge in [-0.2, -0.15) is 0 Å². The van der Waals surface area contributed by atoms with Gasteiger partial charge in [-0.15, -0.1) is 0 Å². The number of sulfonamides is 1. The van der Waals surface area contributed by atoms with E-state index in [2.05, 4.69) is 16.7 Å². The summed E-state index contributed by atoms with van der Waals surface area (Å²) < 4.78 is 31.8. The highest BCUT2D eigenvalue weighted by atomic mass is 32.2. The number of nitrogens with zero attached hydrogens (tertiary/aromatic N) is 1. The molecule has 2 aromatic carbocycles. The number of thiocarbonyl (C=S) groups is 1. The average molecular weight is 408 g/mol. The molecule has 8 heteroatoms. The quantitative estimate of drug-likeness (QED) is 0.711. The highest BCUT2D eigenvalue weighted by Gasteiger charge is 2.23. The first-order valence-electron chi connectivity index (χ1n) is 8.49. The predicted molar refractivity (Wildman–Crippen MR) is 114 cm³/mol. The average Bonchev–Trinajstić information content (AvgIpc) is 2.55. The van der Waals surface area contributed by atoms with E-state index in [1.54, 1.807) is 19.1 Å². The predicted octanol–water partition coefficient (Wildman–Crippen LogP) is 3.76. The number of ether oxygens (including phenoxy) is 1. The Morgan fingerprint density at radius 1 is 1.04 bits per heavy atom. The summed E-state index contributed by atoms with van der Waals surface area (Å²) >= 11 is 5.36. The van der Waals surface area contributed by atoms with Crippen LogP contribution >= 0.6 is 12.2 Å². The van der Waals surface area contributed by atoms with E-state index >= 15 is 0 Å². The minimum atomic E-state index is -3.65. The van der Waals surface area contributed by atoms with Crippen LogP contribution in [0.15, 0.2) is 41.3 Å². The Labute approximate surface area is 166 Å². The van der Waals surface area contributed by atoms with Gasteiger partial charge < -0.3 is 15.4 Å². The standard InChI is InChI=1S/C19H25N3O3S2/c1-6-25-17-8-7-15(12-18(17)27(23,24)22(4)5)20-19(26)21-16-10-13(2)9-14(3)11-16/h7-12H,6H2,1-5H3,(H2,20,21,26). The van der Waals surface area contributed by atoms with Crippen molar-refractivity contribution in [1.82, 2.24) is 4.31 Å². The smallest absolute Gasteiger partial charge is 0.246 e. The molecule has 0 aliphatic rings. The number of benzene rings is 2. The van der Waals surface area contributed by atoms with Crippen LogP contribution in [0.3, 0.4) is 0 Å². The highest BCUT2D eigenvalue weighted by Crippen LogP contribution is 2.29. The summed E-state index contributed by atoms with van der Waals surface area (Å²) in [6.45, 7) is 6.20. The molecule has 146 valence electrons. The van der Waals surface area contributed by atoms with Gasteiger partial charge in [-0.25, -0.2) is 12.7 Å². The third-order valence-corrected chi connectivity index (χ3v) is 5.78. The summed E-state index contributed by atoms with van der Waals surface area (Å²) in [5.74, 6) is 0.310. The van der Waals surface area contributed by atoms with Gasteiger partial charge in [-0.3, -0.25) is 0 Å². The summed E-state index contributed by atoms with van der Waals surface area (Å²) in [5, 5.41) is 6.53. The van der Waals surface area contributed by atoms with Gasteiger partial charge in [-0.1, -0.05) is 6.07 Å². The minimum Gasteiger partial charge on any atom is -0.492 e. The zero-order valence-electron chi connectivity index (χ0n) is 16.2. The third-order valence-electron chi connectivity index (χ3n) is 3.74. The third kappa shape index (κ3) is 5.41. The van der Waals surface area contributed by atoms with Crippen LogP contribution in [0, 0.1) is 13.8 Å². The van der Waals surface area contributed by atoms with Gasteiger partial charge in [0, 0.05) is 25.5 Å². The summed E-state index contributed by atoms with van der Waals surface area (Å²) in [5.41, 5.74) is 3.68. The Morgan fingerprint density at radius 3 is 2.19 bits per heavy atom. The van der Waals surface area contributed by atoms with Crippen molar-refractivity contribution in [2.24, 2.45) is 0 Å². The maximum absolute atomic E-state index is 12.6. The Balaban J connectivity index is 2.27. The molecule has 0 aliphatic heterocycles. The van der Waals surface area contributed by atoms with Crippen molar-refractivity contribution in [3.8, 4) is 5.75 Å². The molecule has 0 heterocycles. The largest absolute Gasteiger partial charge is 0.492 e. The monoisotopic (exact) mass is 407 g/mol. The molecule has 0 aromatic heterocycles. The number of hydrogen-bond acceptors (Lipinski definition) is 4. The van der Waals surface area contributed by atoms with Gasteiger partial charge in [0.1, 0.15) is 10.6 Å². The first-order chi connectivity index (χ1) is 12.6. The van der Waals surface area contributed by atoms with Crippen molar-refractivity contribution in [1.29, 1.82) is 0 Å². The van der Waals surface area contributed by atoms with Crippen LogP contribution in [0.4, 0.5) is 11.4 Å². The lowest BCUT2D eigenvalue weighted by atomic mass is 10.1. The maximum atomic E-state index is 12.6. The molecule has 0 unspecified atom stereocenters. The lowest BCUT2D eigenvalue weighted by molar-refractivity contribution is 0.330. The lowest BCUT2D eigenvalue weighted by Crippen LogP contribution is -2.24. The fraction of sp³-hybridized carbons (Fsp3) is 0.316. The number of hydrogen-bond donors (Lipinski definition) is 2. The molecule has 27 heavy (non-hydrogen) atoms. The molecule has 6 nitrogen and oxygen atoms in total. The SMILES string of the molecule is CCOc1ccc(NC(=S)Nc2cc(C)cc(C)c2)cc1S(=O)(=O)N(C)C. The molecule has 0 aliphatic carbocycles. The molecule has 0 atom stereocenters. The number of anilines is 2. The van der Waals surface area contributed by atoms with E-state index in [0.29, 0.717) is 23.2 Å². The summed E-state index contributed by atoms with van der Waals surface area (Å²) in [7, 11) is -0.686. The second kappa shape index (κ2) is 8.69. The Bertz CT molecular complexity index is 921. The molecule has 0 bridgehead atoms. The fourth-order valence-corrected chi connectivity index (χ4v) is 3.89. The molecule has 2 aromatic rings. The van der Waals surface area contributed by atoms with Crippen molar-refractivity contribution < 1.29 is 13.2 Å². The molecular weight excluding hydrogens is 382 g/mol. The minimum absolute atomic E-state index is 0.0913. The zero-order valence-corrected chi connectivity index (χ0v) is 17.8. The molecule has 0 saturated heterocycles. The summed E-state index contributed by atoms with van der Waals surface area (Å²) in [4.78, 5) is 0.0913. The topological polar surface area (TPSA) is 70.7 Å². The van der Waals surface area contributed by atoms with Gasteiger partial charge in [0.2, 0.25) is 10.0 Å². The van der Waals surface area contributed by atoms with E-state index in [1.807, 2.05) is 26.0 Å². The molecule has 2 rings (SSSR count). The maximum Gasteiger partial charge on any atom is 0.246 e. The van der Waals surface area contributed by atoms with Crippen LogP contribution in [0.1, 0.15) is 18.1 Å². The summed E-state index contributed by atoms with van der Waals surface area (Å²) in [6.07, 6.45) is 0. The molecule has 0 amide bonds. The number of aryl methyl sites for hydroxylation is 2. The molecule has 2 N–H and O–H groups in total. The Kier molecular flexibility index (Phi) is 6.80.